The fraction of sp³-hybridized carbons (Fsp3) is 0.304. The van der Waals surface area contributed by atoms with Crippen molar-refractivity contribution in [1.29, 1.82) is 0 Å². The molecule has 0 N–H and O–H groups in total. The third-order valence-corrected chi connectivity index (χ3v) is 5.56. The van der Waals surface area contributed by atoms with Crippen LogP contribution in [-0.2, 0) is 13.1 Å². The lowest BCUT2D eigenvalue weighted by Crippen LogP contribution is -2.29. The second-order valence-electron chi connectivity index (χ2n) is 7.12. The highest BCUT2D eigenvalue weighted by Gasteiger charge is 2.27. The van der Waals surface area contributed by atoms with Gasteiger partial charge in [-0.05, 0) is 54.7 Å². The zero-order valence-electron chi connectivity index (χ0n) is 15.2. The van der Waals surface area contributed by atoms with Gasteiger partial charge in [0.1, 0.15) is 0 Å². The van der Waals surface area contributed by atoms with Crippen molar-refractivity contribution < 1.29 is 0 Å². The minimum Gasteiger partial charge on any atom is -0.350 e. The Bertz CT molecular complexity index is 848. The normalized spacial score (nSPS) is 17.9. The maximum absolute atomic E-state index is 2.65. The molecule has 2 heteroatoms. The SMILES string of the molecule is Cc1cccc(CN2CCCn3cccc3C2c2ccccc2)c1C. The smallest absolute Gasteiger partial charge is 0.0759 e. The van der Waals surface area contributed by atoms with E-state index in [-0.39, 0.29) is 0 Å². The van der Waals surface area contributed by atoms with Gasteiger partial charge >= 0.3 is 0 Å². The molecule has 25 heavy (non-hydrogen) atoms. The Morgan fingerprint density at radius 1 is 0.880 bits per heavy atom. The van der Waals surface area contributed by atoms with Gasteiger partial charge < -0.3 is 4.57 Å². The van der Waals surface area contributed by atoms with Gasteiger partial charge in [-0.2, -0.15) is 0 Å². The van der Waals surface area contributed by atoms with Crippen LogP contribution >= 0.6 is 0 Å². The average molecular weight is 330 g/mol. The van der Waals surface area contributed by atoms with Crippen molar-refractivity contribution in [2.24, 2.45) is 0 Å². The molecule has 2 heterocycles. The minimum atomic E-state index is 0.318. The molecule has 0 amide bonds. The predicted octanol–water partition coefficient (Wildman–Crippen LogP) is 5.10. The molecule has 0 saturated heterocycles. The summed E-state index contributed by atoms with van der Waals surface area (Å²) in [6.07, 6.45) is 3.42. The van der Waals surface area contributed by atoms with Gasteiger partial charge in [0, 0.05) is 31.5 Å². The molecule has 0 radical (unpaired) electrons. The zero-order valence-corrected chi connectivity index (χ0v) is 15.2. The van der Waals surface area contributed by atoms with Crippen LogP contribution in [-0.4, -0.2) is 16.0 Å². The van der Waals surface area contributed by atoms with Crippen LogP contribution in [0.5, 0.6) is 0 Å². The van der Waals surface area contributed by atoms with E-state index < -0.39 is 0 Å². The zero-order chi connectivity index (χ0) is 17.2. The van der Waals surface area contributed by atoms with E-state index in [4.69, 9.17) is 0 Å². The minimum absolute atomic E-state index is 0.318. The molecule has 0 saturated carbocycles. The standard InChI is InChI=1S/C23H26N2/c1-18-9-6-12-21(19(18)2)17-25-16-8-15-24-14-7-13-22(24)23(25)20-10-4-3-5-11-20/h3-7,9-14,23H,8,15-17H2,1-2H3. The third-order valence-electron chi connectivity index (χ3n) is 5.56. The summed E-state index contributed by atoms with van der Waals surface area (Å²) < 4.78 is 2.43. The highest BCUT2D eigenvalue weighted by Crippen LogP contribution is 2.33. The van der Waals surface area contributed by atoms with Crippen molar-refractivity contribution in [3.8, 4) is 0 Å². The number of hydrogen-bond acceptors (Lipinski definition) is 1. The summed E-state index contributed by atoms with van der Waals surface area (Å²) >= 11 is 0. The summed E-state index contributed by atoms with van der Waals surface area (Å²) in [4.78, 5) is 2.65. The van der Waals surface area contributed by atoms with Gasteiger partial charge in [-0.25, -0.2) is 0 Å². The molecule has 2 nitrogen and oxygen atoms in total. The Morgan fingerprint density at radius 3 is 2.56 bits per heavy atom. The number of benzene rings is 2. The van der Waals surface area contributed by atoms with Gasteiger partial charge in [0.15, 0.2) is 0 Å². The van der Waals surface area contributed by atoms with Crippen LogP contribution in [0.1, 0.15) is 40.4 Å². The summed E-state index contributed by atoms with van der Waals surface area (Å²) in [7, 11) is 0. The van der Waals surface area contributed by atoms with Crippen LogP contribution in [0.3, 0.4) is 0 Å². The van der Waals surface area contributed by atoms with E-state index >= 15 is 0 Å². The number of nitrogens with zero attached hydrogens (tertiary/aromatic N) is 2. The van der Waals surface area contributed by atoms with E-state index in [1.54, 1.807) is 0 Å². The fourth-order valence-corrected chi connectivity index (χ4v) is 4.03. The van der Waals surface area contributed by atoms with Gasteiger partial charge in [-0.3, -0.25) is 4.90 Å². The fourth-order valence-electron chi connectivity index (χ4n) is 4.03. The first-order valence-corrected chi connectivity index (χ1v) is 9.23. The molecule has 0 aliphatic carbocycles. The highest BCUT2D eigenvalue weighted by molar-refractivity contribution is 5.34. The van der Waals surface area contributed by atoms with E-state index in [1.807, 2.05) is 0 Å². The monoisotopic (exact) mass is 330 g/mol. The van der Waals surface area contributed by atoms with E-state index in [1.165, 1.54) is 34.4 Å². The number of rotatable bonds is 3. The molecule has 1 unspecified atom stereocenters. The molecule has 1 aliphatic heterocycles. The number of hydrogen-bond donors (Lipinski definition) is 0. The van der Waals surface area contributed by atoms with Crippen molar-refractivity contribution in [2.75, 3.05) is 6.54 Å². The molecular formula is C23H26N2. The maximum Gasteiger partial charge on any atom is 0.0759 e. The Balaban J connectivity index is 1.75. The Labute approximate surface area is 150 Å². The molecule has 4 rings (SSSR count). The van der Waals surface area contributed by atoms with E-state index in [9.17, 15) is 0 Å². The highest BCUT2D eigenvalue weighted by atomic mass is 15.2. The Morgan fingerprint density at radius 2 is 1.72 bits per heavy atom. The summed E-state index contributed by atoms with van der Waals surface area (Å²) in [5.74, 6) is 0. The quantitative estimate of drug-likeness (QED) is 0.648. The maximum atomic E-state index is 2.65. The average Bonchev–Trinajstić information content (AvgIpc) is 3.01. The lowest BCUT2D eigenvalue weighted by Gasteiger charge is -2.31. The first kappa shape index (κ1) is 16.2. The third kappa shape index (κ3) is 3.14. The number of aromatic nitrogens is 1. The van der Waals surface area contributed by atoms with E-state index in [0.717, 1.165) is 19.6 Å². The largest absolute Gasteiger partial charge is 0.350 e. The van der Waals surface area contributed by atoms with E-state index in [2.05, 4.69) is 90.2 Å². The molecular weight excluding hydrogens is 304 g/mol. The summed E-state index contributed by atoms with van der Waals surface area (Å²) in [6.45, 7) is 7.69. The second kappa shape index (κ2) is 6.89. The second-order valence-corrected chi connectivity index (χ2v) is 7.12. The van der Waals surface area contributed by atoms with Crippen LogP contribution in [0.15, 0.2) is 66.9 Å². The van der Waals surface area contributed by atoms with E-state index in [0.29, 0.717) is 6.04 Å². The summed E-state index contributed by atoms with van der Waals surface area (Å²) in [5, 5.41) is 0. The van der Waals surface area contributed by atoms with Gasteiger partial charge in [0.2, 0.25) is 0 Å². The molecule has 0 fully saturated rings. The van der Waals surface area contributed by atoms with Crippen molar-refractivity contribution in [1.82, 2.24) is 9.47 Å². The molecule has 128 valence electrons. The number of fused-ring (bicyclic) bond motifs is 1. The predicted molar refractivity (Wildman–Crippen MR) is 104 cm³/mol. The molecule has 1 atom stereocenters. The first-order chi connectivity index (χ1) is 12.2. The number of aryl methyl sites for hydroxylation is 2. The van der Waals surface area contributed by atoms with Crippen molar-refractivity contribution in [3.05, 3.63) is 94.8 Å². The van der Waals surface area contributed by atoms with Gasteiger partial charge in [0.05, 0.1) is 6.04 Å². The Hall–Kier alpha value is -2.32. The summed E-state index contributed by atoms with van der Waals surface area (Å²) in [5.41, 5.74) is 7.05. The van der Waals surface area contributed by atoms with Gasteiger partial charge in [-0.1, -0.05) is 48.5 Å². The lowest BCUT2D eigenvalue weighted by molar-refractivity contribution is 0.220. The van der Waals surface area contributed by atoms with Crippen LogP contribution in [0.25, 0.3) is 0 Å². The molecule has 0 bridgehead atoms. The van der Waals surface area contributed by atoms with Crippen molar-refractivity contribution in [3.63, 3.8) is 0 Å². The molecule has 1 aromatic heterocycles. The van der Waals surface area contributed by atoms with Crippen LogP contribution < -0.4 is 0 Å². The molecule has 1 aliphatic rings. The first-order valence-electron chi connectivity index (χ1n) is 9.23. The molecule has 0 spiro atoms. The lowest BCUT2D eigenvalue weighted by atomic mass is 9.99. The van der Waals surface area contributed by atoms with Crippen molar-refractivity contribution in [2.45, 2.75) is 39.4 Å². The summed E-state index contributed by atoms with van der Waals surface area (Å²) in [6, 6.07) is 22.4. The van der Waals surface area contributed by atoms with Crippen LogP contribution in [0.2, 0.25) is 0 Å². The molecule has 2 aromatic carbocycles. The molecule has 3 aromatic rings. The van der Waals surface area contributed by atoms with Crippen molar-refractivity contribution >= 4 is 0 Å². The van der Waals surface area contributed by atoms with Gasteiger partial charge in [-0.15, -0.1) is 0 Å². The van der Waals surface area contributed by atoms with Crippen LogP contribution in [0, 0.1) is 13.8 Å². The topological polar surface area (TPSA) is 8.17 Å². The Kier molecular flexibility index (Phi) is 4.46. The van der Waals surface area contributed by atoms with Gasteiger partial charge in [0.25, 0.3) is 0 Å². The van der Waals surface area contributed by atoms with Crippen LogP contribution in [0.4, 0.5) is 0 Å².